The van der Waals surface area contributed by atoms with Crippen LogP contribution in [0.1, 0.15) is 12.0 Å². The molecule has 1 aromatic rings. The average molecular weight is 327 g/mol. The molecule has 0 aliphatic carbocycles. The summed E-state index contributed by atoms with van der Waals surface area (Å²) >= 11 is 0. The van der Waals surface area contributed by atoms with Gasteiger partial charge in [0.15, 0.2) is 17.6 Å². The Labute approximate surface area is 130 Å². The molecular weight excluding hydrogens is 312 g/mol. The van der Waals surface area contributed by atoms with Gasteiger partial charge in [-0.05, 0) is 0 Å². The molecule has 0 bridgehead atoms. The number of anilines is 1. The summed E-state index contributed by atoms with van der Waals surface area (Å²) in [5, 5.41) is 17.8. The molecule has 1 aliphatic heterocycles. The third-order valence-electron chi connectivity index (χ3n) is 3.53. The number of methoxy groups -OCH3 is 1. The van der Waals surface area contributed by atoms with E-state index in [1.807, 2.05) is 6.07 Å². The van der Waals surface area contributed by atoms with Crippen molar-refractivity contribution in [3.8, 4) is 17.6 Å². The number of nitrogens with zero attached hydrogens (tertiary/aromatic N) is 2. The molecule has 1 aliphatic rings. The number of rotatable bonds is 3. The minimum absolute atomic E-state index is 0.0355. The lowest BCUT2D eigenvalue weighted by Gasteiger charge is -2.37. The van der Waals surface area contributed by atoms with E-state index < -0.39 is 24.7 Å². The first-order valence-corrected chi connectivity index (χ1v) is 6.68. The van der Waals surface area contributed by atoms with E-state index in [1.165, 1.54) is 19.2 Å². The van der Waals surface area contributed by atoms with Crippen LogP contribution in [0.3, 0.4) is 0 Å². The molecule has 1 heterocycles. The molecule has 1 amide bonds. The third kappa shape index (κ3) is 3.36. The predicted molar refractivity (Wildman–Crippen MR) is 75.7 cm³/mol. The fourth-order valence-electron chi connectivity index (χ4n) is 2.31. The number of hydrogen-bond acceptors (Lipinski definition) is 5. The van der Waals surface area contributed by atoms with Gasteiger partial charge in [-0.25, -0.2) is 13.6 Å². The van der Waals surface area contributed by atoms with E-state index in [1.54, 1.807) is 0 Å². The summed E-state index contributed by atoms with van der Waals surface area (Å²) in [5.74, 6) is -3.28. The predicted octanol–water partition coefficient (Wildman–Crippen LogP) is 1.92. The van der Waals surface area contributed by atoms with Crippen molar-refractivity contribution in [3.05, 3.63) is 17.7 Å². The van der Waals surface area contributed by atoms with Crippen LogP contribution in [0, 0.1) is 11.3 Å². The number of halogens is 2. The molecule has 124 valence electrons. The maximum absolute atomic E-state index is 14.1. The van der Waals surface area contributed by atoms with Gasteiger partial charge in [0, 0.05) is 25.1 Å². The van der Waals surface area contributed by atoms with Gasteiger partial charge in [-0.15, -0.1) is 0 Å². The Balaban J connectivity index is 2.25. The van der Waals surface area contributed by atoms with E-state index >= 15 is 0 Å². The normalized spacial score (nSPS) is 19.7. The highest BCUT2D eigenvalue weighted by molar-refractivity contribution is 5.65. The Hall–Kier alpha value is -2.76. The second-order valence-electron chi connectivity index (χ2n) is 5.06. The van der Waals surface area contributed by atoms with Gasteiger partial charge in [-0.1, -0.05) is 0 Å². The summed E-state index contributed by atoms with van der Waals surface area (Å²) in [4.78, 5) is 11.5. The Morgan fingerprint density at radius 2 is 2.22 bits per heavy atom. The molecule has 1 atom stereocenters. The van der Waals surface area contributed by atoms with Gasteiger partial charge in [0.2, 0.25) is 0 Å². The standard InChI is InChI=1S/C14H15F2N3O4/c1-22-10-5-9(18)8(6-17)4-11(10)23-12-2-3-19(13(20)21)7-14(12,15)16/h4-5,12H,2-3,7,18H2,1H3,(H,20,21)/t12-/m1/s1. The Morgan fingerprint density at radius 3 is 2.74 bits per heavy atom. The third-order valence-corrected chi connectivity index (χ3v) is 3.53. The number of benzene rings is 1. The molecule has 7 nitrogen and oxygen atoms in total. The first-order chi connectivity index (χ1) is 10.8. The summed E-state index contributed by atoms with van der Waals surface area (Å²) < 4.78 is 38.6. The zero-order valence-corrected chi connectivity index (χ0v) is 12.3. The van der Waals surface area contributed by atoms with Gasteiger partial charge < -0.3 is 25.2 Å². The number of carbonyl (C=O) groups is 1. The molecule has 9 heteroatoms. The monoisotopic (exact) mass is 327 g/mol. The van der Waals surface area contributed by atoms with Crippen LogP contribution < -0.4 is 15.2 Å². The Morgan fingerprint density at radius 1 is 1.52 bits per heavy atom. The molecular formula is C14H15F2N3O4. The van der Waals surface area contributed by atoms with E-state index in [-0.39, 0.29) is 35.7 Å². The minimum Gasteiger partial charge on any atom is -0.493 e. The number of amides is 1. The highest BCUT2D eigenvalue weighted by Gasteiger charge is 2.48. The number of alkyl halides is 2. The van der Waals surface area contributed by atoms with Crippen molar-refractivity contribution in [2.24, 2.45) is 0 Å². The Kier molecular flexibility index (Phi) is 4.45. The van der Waals surface area contributed by atoms with E-state index in [9.17, 15) is 13.6 Å². The van der Waals surface area contributed by atoms with Crippen molar-refractivity contribution < 1.29 is 28.2 Å². The number of likely N-dealkylation sites (tertiary alicyclic amines) is 1. The highest BCUT2D eigenvalue weighted by atomic mass is 19.3. The van der Waals surface area contributed by atoms with E-state index in [2.05, 4.69) is 0 Å². The van der Waals surface area contributed by atoms with Crippen molar-refractivity contribution in [2.75, 3.05) is 25.9 Å². The quantitative estimate of drug-likeness (QED) is 0.821. The van der Waals surface area contributed by atoms with Crippen LogP contribution in [0.5, 0.6) is 11.5 Å². The SMILES string of the molecule is COc1cc(N)c(C#N)cc1O[C@@H]1CCN(C(=O)O)CC1(F)F. The summed E-state index contributed by atoms with van der Waals surface area (Å²) in [6.07, 6.45) is -3.11. The van der Waals surface area contributed by atoms with Crippen LogP contribution >= 0.6 is 0 Å². The molecule has 1 saturated heterocycles. The molecule has 23 heavy (non-hydrogen) atoms. The number of hydrogen-bond donors (Lipinski definition) is 2. The van der Waals surface area contributed by atoms with Gasteiger partial charge in [0.05, 0.1) is 24.9 Å². The van der Waals surface area contributed by atoms with Crippen molar-refractivity contribution in [3.63, 3.8) is 0 Å². The fraction of sp³-hybridized carbons (Fsp3) is 0.429. The lowest BCUT2D eigenvalue weighted by Crippen LogP contribution is -2.55. The number of nitriles is 1. The number of nitrogen functional groups attached to an aromatic ring is 1. The van der Waals surface area contributed by atoms with Crippen molar-refractivity contribution in [1.82, 2.24) is 4.90 Å². The van der Waals surface area contributed by atoms with Crippen LogP contribution in [-0.4, -0.2) is 48.3 Å². The van der Waals surface area contributed by atoms with Gasteiger partial charge in [-0.3, -0.25) is 0 Å². The largest absolute Gasteiger partial charge is 0.493 e. The van der Waals surface area contributed by atoms with Crippen molar-refractivity contribution in [2.45, 2.75) is 18.4 Å². The number of nitrogens with two attached hydrogens (primary N) is 1. The second-order valence-corrected chi connectivity index (χ2v) is 5.06. The molecule has 0 spiro atoms. The fourth-order valence-corrected chi connectivity index (χ4v) is 2.31. The highest BCUT2D eigenvalue weighted by Crippen LogP contribution is 2.37. The first kappa shape index (κ1) is 16.6. The van der Waals surface area contributed by atoms with Crippen LogP contribution in [0.2, 0.25) is 0 Å². The van der Waals surface area contributed by atoms with Gasteiger partial charge in [-0.2, -0.15) is 5.26 Å². The molecule has 0 saturated carbocycles. The van der Waals surface area contributed by atoms with Crippen LogP contribution in [0.25, 0.3) is 0 Å². The average Bonchev–Trinajstić information content (AvgIpc) is 2.49. The zero-order chi connectivity index (χ0) is 17.2. The second kappa shape index (κ2) is 6.16. The number of carboxylic acid groups (broad SMARTS) is 1. The smallest absolute Gasteiger partial charge is 0.407 e. The van der Waals surface area contributed by atoms with E-state index in [0.29, 0.717) is 4.90 Å². The molecule has 0 radical (unpaired) electrons. The summed E-state index contributed by atoms with van der Waals surface area (Å²) in [5.41, 5.74) is 5.85. The minimum atomic E-state index is -3.37. The van der Waals surface area contributed by atoms with Crippen molar-refractivity contribution >= 4 is 11.8 Å². The molecule has 1 aromatic carbocycles. The molecule has 3 N–H and O–H groups in total. The number of ether oxygens (including phenoxy) is 2. The Bertz CT molecular complexity index is 660. The lowest BCUT2D eigenvalue weighted by molar-refractivity contribution is -0.133. The molecule has 1 fully saturated rings. The topological polar surface area (TPSA) is 109 Å². The van der Waals surface area contributed by atoms with Crippen LogP contribution in [0.15, 0.2) is 12.1 Å². The number of piperidine rings is 1. The molecule has 0 aromatic heterocycles. The van der Waals surface area contributed by atoms with E-state index in [0.717, 1.165) is 0 Å². The summed E-state index contributed by atoms with van der Waals surface area (Å²) in [6, 6.07) is 4.38. The van der Waals surface area contributed by atoms with E-state index in [4.69, 9.17) is 25.6 Å². The maximum atomic E-state index is 14.1. The first-order valence-electron chi connectivity index (χ1n) is 6.68. The van der Waals surface area contributed by atoms with Gasteiger partial charge in [0.1, 0.15) is 6.07 Å². The molecule has 2 rings (SSSR count). The summed E-state index contributed by atoms with van der Waals surface area (Å²) in [7, 11) is 1.32. The van der Waals surface area contributed by atoms with Crippen LogP contribution in [0.4, 0.5) is 19.3 Å². The molecule has 0 unspecified atom stereocenters. The lowest BCUT2D eigenvalue weighted by atomic mass is 10.0. The summed E-state index contributed by atoms with van der Waals surface area (Å²) in [6.45, 7) is -1.02. The van der Waals surface area contributed by atoms with Crippen molar-refractivity contribution in [1.29, 1.82) is 5.26 Å². The maximum Gasteiger partial charge on any atom is 0.407 e. The van der Waals surface area contributed by atoms with Gasteiger partial charge in [0.25, 0.3) is 0 Å². The van der Waals surface area contributed by atoms with Gasteiger partial charge >= 0.3 is 12.0 Å². The zero-order valence-electron chi connectivity index (χ0n) is 12.3. The van der Waals surface area contributed by atoms with Crippen LogP contribution in [-0.2, 0) is 0 Å².